The Balaban J connectivity index is 2.51. The van der Waals surface area contributed by atoms with Gasteiger partial charge in [-0.3, -0.25) is 0 Å². The average Bonchev–Trinajstić information content (AvgIpc) is 2.30. The van der Waals surface area contributed by atoms with Crippen molar-refractivity contribution in [2.75, 3.05) is 20.7 Å². The van der Waals surface area contributed by atoms with Crippen LogP contribution in [0.1, 0.15) is 6.42 Å². The first-order chi connectivity index (χ1) is 5.15. The van der Waals surface area contributed by atoms with Crippen molar-refractivity contribution in [1.29, 1.82) is 0 Å². The third kappa shape index (κ3) is 1.70. The minimum Gasteiger partial charge on any atom is -0.544 e. The summed E-state index contributed by atoms with van der Waals surface area (Å²) in [6.07, 6.45) is 0.655. The molecule has 0 aromatic heterocycles. The Hall–Kier alpha value is -0.610. The summed E-state index contributed by atoms with van der Waals surface area (Å²) in [6.45, 7) is 0.759. The van der Waals surface area contributed by atoms with E-state index in [0.717, 1.165) is 11.4 Å². The van der Waals surface area contributed by atoms with Crippen molar-refractivity contribution in [1.82, 2.24) is 0 Å². The van der Waals surface area contributed by atoms with Crippen LogP contribution < -0.4 is 10.0 Å². The first-order valence-corrected chi connectivity index (χ1v) is 3.71. The zero-order chi connectivity index (χ0) is 8.43. The van der Waals surface area contributed by atoms with Gasteiger partial charge >= 0.3 is 0 Å². The molecule has 1 fully saturated rings. The lowest BCUT2D eigenvalue weighted by atomic mass is 10.2. The van der Waals surface area contributed by atoms with Crippen LogP contribution in [0.4, 0.5) is 0 Å². The molecule has 0 bridgehead atoms. The molecule has 0 spiro atoms. The third-order valence-electron chi connectivity index (χ3n) is 2.26. The Morgan fingerprint density at radius 2 is 2.36 bits per heavy atom. The van der Waals surface area contributed by atoms with E-state index in [1.54, 1.807) is 7.11 Å². The first kappa shape index (κ1) is 8.49. The lowest BCUT2D eigenvalue weighted by molar-refractivity contribution is -0.886. The SMILES string of the molecule is CO[C@@H]1C[C@@H](C(=O)[O-])[NH+](C)C1. The molecule has 0 amide bonds. The topological polar surface area (TPSA) is 53.8 Å². The minimum atomic E-state index is -0.970. The van der Waals surface area contributed by atoms with Crippen LogP contribution in [0.2, 0.25) is 0 Å². The Morgan fingerprint density at radius 3 is 2.64 bits per heavy atom. The predicted molar refractivity (Wildman–Crippen MR) is 36.0 cm³/mol. The van der Waals surface area contributed by atoms with Crippen LogP contribution in [0.15, 0.2) is 0 Å². The molecule has 0 aromatic carbocycles. The molecule has 1 aliphatic rings. The van der Waals surface area contributed by atoms with Gasteiger partial charge < -0.3 is 19.5 Å². The second-order valence-electron chi connectivity index (χ2n) is 3.02. The van der Waals surface area contributed by atoms with Crippen molar-refractivity contribution in [2.24, 2.45) is 0 Å². The number of likely N-dealkylation sites (tertiary alicyclic amines) is 1. The summed E-state index contributed by atoms with van der Waals surface area (Å²) in [4.78, 5) is 11.5. The number of rotatable bonds is 2. The number of hydrogen-bond donors (Lipinski definition) is 1. The van der Waals surface area contributed by atoms with Crippen LogP contribution in [0.3, 0.4) is 0 Å². The smallest absolute Gasteiger partial charge is 0.130 e. The maximum Gasteiger partial charge on any atom is 0.130 e. The molecular formula is C7H13NO3. The molecule has 0 radical (unpaired) electrons. The number of carboxylic acid groups (broad SMARTS) is 1. The lowest BCUT2D eigenvalue weighted by Crippen LogP contribution is -3.12. The standard InChI is InChI=1S/C7H13NO3/c1-8-4-5(11-2)3-6(8)7(9)10/h5-6H,3-4H2,1-2H3,(H,9,10)/t5-,6+/m1/s1. The average molecular weight is 159 g/mol. The molecular weight excluding hydrogens is 146 g/mol. The molecule has 64 valence electrons. The van der Waals surface area contributed by atoms with Gasteiger partial charge in [-0.25, -0.2) is 0 Å². The fourth-order valence-electron chi connectivity index (χ4n) is 1.53. The van der Waals surface area contributed by atoms with Gasteiger partial charge in [0.05, 0.1) is 13.0 Å². The zero-order valence-corrected chi connectivity index (χ0v) is 6.79. The summed E-state index contributed by atoms with van der Waals surface area (Å²) >= 11 is 0. The molecule has 1 aliphatic heterocycles. The highest BCUT2D eigenvalue weighted by Gasteiger charge is 2.34. The van der Waals surface area contributed by atoms with Crippen molar-refractivity contribution in [3.8, 4) is 0 Å². The van der Waals surface area contributed by atoms with Gasteiger partial charge in [-0.05, 0) is 0 Å². The fraction of sp³-hybridized carbons (Fsp3) is 0.857. The molecule has 0 aromatic rings. The summed E-state index contributed by atoms with van der Waals surface area (Å²) in [5, 5.41) is 10.5. The van der Waals surface area contributed by atoms with Gasteiger partial charge in [-0.15, -0.1) is 0 Å². The highest BCUT2D eigenvalue weighted by molar-refractivity contribution is 5.69. The van der Waals surface area contributed by atoms with E-state index in [-0.39, 0.29) is 12.1 Å². The van der Waals surface area contributed by atoms with Crippen LogP contribution in [0.5, 0.6) is 0 Å². The Bertz CT molecular complexity index is 160. The summed E-state index contributed by atoms with van der Waals surface area (Å²) in [5.41, 5.74) is 0. The minimum absolute atomic E-state index is 0.0814. The molecule has 0 saturated carbocycles. The highest BCUT2D eigenvalue weighted by Crippen LogP contribution is 2.03. The van der Waals surface area contributed by atoms with Crippen LogP contribution in [-0.4, -0.2) is 38.8 Å². The zero-order valence-electron chi connectivity index (χ0n) is 6.79. The molecule has 4 heteroatoms. The number of carbonyl (C=O) groups excluding carboxylic acids is 1. The van der Waals surface area contributed by atoms with Crippen LogP contribution in [0.25, 0.3) is 0 Å². The highest BCUT2D eigenvalue weighted by atomic mass is 16.5. The van der Waals surface area contributed by atoms with Crippen molar-refractivity contribution < 1.29 is 19.5 Å². The van der Waals surface area contributed by atoms with E-state index in [0.29, 0.717) is 6.42 Å². The van der Waals surface area contributed by atoms with E-state index in [1.807, 2.05) is 7.05 Å². The molecule has 1 rings (SSSR count). The van der Waals surface area contributed by atoms with Gasteiger partial charge in [0.1, 0.15) is 18.7 Å². The monoisotopic (exact) mass is 159 g/mol. The number of nitrogens with one attached hydrogen (secondary N) is 1. The summed E-state index contributed by atoms with van der Waals surface area (Å²) in [5.74, 6) is -0.970. The van der Waals surface area contributed by atoms with Crippen molar-refractivity contribution in [3.63, 3.8) is 0 Å². The predicted octanol–water partition coefficient (Wildman–Crippen LogP) is -2.96. The summed E-state index contributed by atoms with van der Waals surface area (Å²) in [7, 11) is 3.45. The molecule has 1 heterocycles. The Labute approximate surface area is 65.8 Å². The summed E-state index contributed by atoms with van der Waals surface area (Å²) in [6, 6.07) is -0.389. The third-order valence-corrected chi connectivity index (χ3v) is 2.26. The van der Waals surface area contributed by atoms with E-state index in [9.17, 15) is 9.90 Å². The molecule has 1 N–H and O–H groups in total. The van der Waals surface area contributed by atoms with E-state index in [4.69, 9.17) is 4.74 Å². The molecule has 11 heavy (non-hydrogen) atoms. The largest absolute Gasteiger partial charge is 0.544 e. The fourth-order valence-corrected chi connectivity index (χ4v) is 1.53. The number of quaternary nitrogens is 1. The van der Waals surface area contributed by atoms with Gasteiger partial charge in [0.15, 0.2) is 0 Å². The first-order valence-electron chi connectivity index (χ1n) is 3.71. The van der Waals surface area contributed by atoms with Crippen molar-refractivity contribution >= 4 is 5.97 Å². The molecule has 3 atom stereocenters. The number of aliphatic carboxylic acids is 1. The second kappa shape index (κ2) is 3.19. The number of likely N-dealkylation sites (N-methyl/N-ethyl adjacent to an activating group) is 1. The number of hydrogen-bond acceptors (Lipinski definition) is 3. The Morgan fingerprint density at radius 1 is 1.73 bits per heavy atom. The number of ether oxygens (including phenoxy) is 1. The van der Waals surface area contributed by atoms with Gasteiger partial charge in [0.25, 0.3) is 0 Å². The number of carbonyl (C=O) groups is 1. The Kier molecular flexibility index (Phi) is 2.46. The lowest BCUT2D eigenvalue weighted by Gasteiger charge is -2.15. The normalized spacial score (nSPS) is 37.5. The van der Waals surface area contributed by atoms with E-state index in [2.05, 4.69) is 0 Å². The van der Waals surface area contributed by atoms with Crippen molar-refractivity contribution in [3.05, 3.63) is 0 Å². The van der Waals surface area contributed by atoms with Crippen LogP contribution >= 0.6 is 0 Å². The number of carboxylic acids is 1. The van der Waals surface area contributed by atoms with Crippen LogP contribution in [-0.2, 0) is 9.53 Å². The molecule has 1 saturated heterocycles. The van der Waals surface area contributed by atoms with Gasteiger partial charge in [0.2, 0.25) is 0 Å². The van der Waals surface area contributed by atoms with Crippen molar-refractivity contribution in [2.45, 2.75) is 18.6 Å². The maximum atomic E-state index is 10.5. The molecule has 0 aliphatic carbocycles. The van der Waals surface area contributed by atoms with E-state index >= 15 is 0 Å². The summed E-state index contributed by atoms with van der Waals surface area (Å²) < 4.78 is 5.05. The molecule has 1 unspecified atom stereocenters. The van der Waals surface area contributed by atoms with Gasteiger partial charge in [-0.1, -0.05) is 0 Å². The van der Waals surface area contributed by atoms with E-state index < -0.39 is 5.97 Å². The molecule has 4 nitrogen and oxygen atoms in total. The second-order valence-corrected chi connectivity index (χ2v) is 3.02. The quantitative estimate of drug-likeness (QED) is 0.468. The number of methoxy groups -OCH3 is 1. The van der Waals surface area contributed by atoms with Gasteiger partial charge in [-0.2, -0.15) is 0 Å². The maximum absolute atomic E-state index is 10.5. The van der Waals surface area contributed by atoms with Gasteiger partial charge in [0, 0.05) is 13.5 Å². The van der Waals surface area contributed by atoms with E-state index in [1.165, 1.54) is 0 Å². The van der Waals surface area contributed by atoms with Crippen LogP contribution in [0, 0.1) is 0 Å².